The second-order valence-electron chi connectivity index (χ2n) is 13.4. The van der Waals surface area contributed by atoms with Crippen molar-refractivity contribution in [3.63, 3.8) is 0 Å². The van der Waals surface area contributed by atoms with E-state index in [4.69, 9.17) is 13.8 Å². The van der Waals surface area contributed by atoms with Gasteiger partial charge in [-0.05, 0) is 63.7 Å². The van der Waals surface area contributed by atoms with Crippen LogP contribution in [0.15, 0.2) is 172 Å². The van der Waals surface area contributed by atoms with Gasteiger partial charge in [-0.15, -0.1) is 0 Å². The van der Waals surface area contributed by atoms with Gasteiger partial charge in [0, 0.05) is 56.0 Å². The highest BCUT2D eigenvalue weighted by molar-refractivity contribution is 6.16. The van der Waals surface area contributed by atoms with Gasteiger partial charge in [0.05, 0.1) is 0 Å². The summed E-state index contributed by atoms with van der Waals surface area (Å²) in [6.07, 6.45) is 3.05. The van der Waals surface area contributed by atoms with Gasteiger partial charge in [-0.3, -0.25) is 10.3 Å². The summed E-state index contributed by atoms with van der Waals surface area (Å²) in [4.78, 5) is 9.77. The molecule has 6 heteroatoms. The summed E-state index contributed by atoms with van der Waals surface area (Å²) in [5, 5.41) is 16.6. The summed E-state index contributed by atoms with van der Waals surface area (Å²) in [7, 11) is 0. The van der Waals surface area contributed by atoms with Crippen molar-refractivity contribution >= 4 is 71.3 Å². The van der Waals surface area contributed by atoms with Crippen molar-refractivity contribution in [1.29, 1.82) is 0 Å². The molecule has 2 unspecified atom stereocenters. The molecule has 2 atom stereocenters. The monoisotopic (exact) mass is 670 g/mol. The van der Waals surface area contributed by atoms with E-state index in [9.17, 15) is 0 Å². The summed E-state index contributed by atoms with van der Waals surface area (Å²) in [5.41, 5.74) is 8.86. The Morgan fingerprint density at radius 2 is 1.29 bits per heavy atom. The van der Waals surface area contributed by atoms with Crippen LogP contribution < -0.4 is 10.6 Å². The Labute approximate surface area is 298 Å². The van der Waals surface area contributed by atoms with E-state index in [2.05, 4.69) is 131 Å². The molecule has 7 aromatic carbocycles. The zero-order chi connectivity index (χ0) is 34.2. The van der Waals surface area contributed by atoms with Gasteiger partial charge in [0.15, 0.2) is 0 Å². The molecule has 4 heterocycles. The van der Waals surface area contributed by atoms with Crippen LogP contribution in [-0.4, -0.2) is 10.8 Å². The average molecular weight is 671 g/mol. The minimum atomic E-state index is -0.373. The fourth-order valence-corrected chi connectivity index (χ4v) is 8.11. The van der Waals surface area contributed by atoms with Crippen LogP contribution in [0.1, 0.15) is 29.0 Å². The van der Waals surface area contributed by atoms with Gasteiger partial charge in [0.2, 0.25) is 0 Å². The molecule has 3 aromatic heterocycles. The maximum absolute atomic E-state index is 6.53. The molecule has 0 fully saturated rings. The Morgan fingerprint density at radius 1 is 0.519 bits per heavy atom. The number of aliphatic imine (C=N–C) groups is 1. The summed E-state index contributed by atoms with van der Waals surface area (Å²) in [6.45, 7) is 0. The third kappa shape index (κ3) is 4.48. The fraction of sp³-hybridized carbons (Fsp3) is 0.0435. The summed E-state index contributed by atoms with van der Waals surface area (Å²) < 4.78 is 12.9. The largest absolute Gasteiger partial charge is 0.456 e. The quantitative estimate of drug-likeness (QED) is 0.195. The Balaban J connectivity index is 1.16. The van der Waals surface area contributed by atoms with E-state index in [1.807, 2.05) is 42.7 Å². The molecule has 0 radical (unpaired) electrons. The SMILES string of the molecule is c1ccc(C2=NC(c3cccc4oc5ccccc5c34)NC(c3c(-c4cccc5oc6cc7ccncc7cc6c45)ccc4ccccc34)N2)cc1. The lowest BCUT2D eigenvalue weighted by atomic mass is 9.89. The standard InChI is InChI=1S/C46H30N4O2/c1-2-11-28(12-3-1)44-48-45(35-16-9-19-39-42(35)34-14-6-7-17-37(34)51-39)50-46(49-44)43-31-13-5-4-10-27(31)20-21-33(43)32-15-8-18-38-41(32)36-24-30-26-47-23-22-29(30)25-40(36)52-38/h1-26,45-46,50H,(H,48,49). The van der Waals surface area contributed by atoms with Gasteiger partial charge in [-0.2, -0.15) is 0 Å². The number of hydrogen-bond acceptors (Lipinski definition) is 6. The van der Waals surface area contributed by atoms with Gasteiger partial charge in [-0.1, -0.05) is 109 Å². The van der Waals surface area contributed by atoms with Crippen molar-refractivity contribution in [2.75, 3.05) is 0 Å². The highest BCUT2D eigenvalue weighted by Crippen LogP contribution is 2.44. The topological polar surface area (TPSA) is 75.6 Å². The van der Waals surface area contributed by atoms with Crippen LogP contribution in [0.4, 0.5) is 0 Å². The minimum Gasteiger partial charge on any atom is -0.456 e. The predicted molar refractivity (Wildman–Crippen MR) is 210 cm³/mol. The van der Waals surface area contributed by atoms with Crippen molar-refractivity contribution < 1.29 is 8.83 Å². The number of rotatable bonds is 4. The summed E-state index contributed by atoms with van der Waals surface area (Å²) >= 11 is 0. The molecule has 0 spiro atoms. The molecule has 11 rings (SSSR count). The molecule has 6 nitrogen and oxygen atoms in total. The van der Waals surface area contributed by atoms with Gasteiger partial charge in [-0.25, -0.2) is 4.99 Å². The molecule has 0 amide bonds. The van der Waals surface area contributed by atoms with Crippen LogP contribution >= 0.6 is 0 Å². The predicted octanol–water partition coefficient (Wildman–Crippen LogP) is 11.2. The van der Waals surface area contributed by atoms with Crippen LogP contribution in [0.5, 0.6) is 0 Å². The van der Waals surface area contributed by atoms with Crippen molar-refractivity contribution in [3.8, 4) is 11.1 Å². The normalized spacial score (nSPS) is 16.3. The zero-order valence-corrected chi connectivity index (χ0v) is 27.9. The molecule has 1 aliphatic rings. The van der Waals surface area contributed by atoms with Crippen LogP contribution in [0.25, 0.3) is 76.5 Å². The number of benzene rings is 7. The third-order valence-electron chi connectivity index (χ3n) is 10.4. The van der Waals surface area contributed by atoms with E-state index in [1.54, 1.807) is 0 Å². The smallest absolute Gasteiger partial charge is 0.136 e. The Bertz CT molecular complexity index is 3050. The average Bonchev–Trinajstić information content (AvgIpc) is 3.77. The molecular formula is C46H30N4O2. The van der Waals surface area contributed by atoms with Crippen LogP contribution in [0.2, 0.25) is 0 Å². The summed E-state index contributed by atoms with van der Waals surface area (Å²) in [5.74, 6) is 0.823. The van der Waals surface area contributed by atoms with Crippen molar-refractivity contribution in [2.45, 2.75) is 12.3 Å². The number of furan rings is 2. The number of aromatic nitrogens is 1. The molecule has 10 aromatic rings. The van der Waals surface area contributed by atoms with E-state index in [-0.39, 0.29) is 12.3 Å². The highest BCUT2D eigenvalue weighted by Gasteiger charge is 2.31. The van der Waals surface area contributed by atoms with Gasteiger partial charge in [0.25, 0.3) is 0 Å². The summed E-state index contributed by atoms with van der Waals surface area (Å²) in [6, 6.07) is 50.7. The van der Waals surface area contributed by atoms with E-state index < -0.39 is 0 Å². The molecule has 246 valence electrons. The molecule has 0 bridgehead atoms. The van der Waals surface area contributed by atoms with E-state index in [0.29, 0.717) is 0 Å². The van der Waals surface area contributed by atoms with Gasteiger partial charge in [0.1, 0.15) is 40.5 Å². The number of hydrogen-bond donors (Lipinski definition) is 2. The third-order valence-corrected chi connectivity index (χ3v) is 10.4. The maximum Gasteiger partial charge on any atom is 0.136 e. The molecule has 52 heavy (non-hydrogen) atoms. The maximum atomic E-state index is 6.53. The Kier molecular flexibility index (Phi) is 6.35. The lowest BCUT2D eigenvalue weighted by Crippen LogP contribution is -2.45. The van der Waals surface area contributed by atoms with Gasteiger partial charge < -0.3 is 14.2 Å². The first kappa shape index (κ1) is 29.0. The van der Waals surface area contributed by atoms with E-state index in [0.717, 1.165) is 99.1 Å². The van der Waals surface area contributed by atoms with Crippen LogP contribution in [0, 0.1) is 0 Å². The second kappa shape index (κ2) is 11.4. The van der Waals surface area contributed by atoms with Crippen LogP contribution in [0.3, 0.4) is 0 Å². The molecular weight excluding hydrogens is 641 g/mol. The lowest BCUT2D eigenvalue weighted by molar-refractivity contribution is 0.413. The van der Waals surface area contributed by atoms with E-state index >= 15 is 0 Å². The number of amidine groups is 1. The number of nitrogens with one attached hydrogen (secondary N) is 2. The van der Waals surface area contributed by atoms with Crippen molar-refractivity contribution in [2.24, 2.45) is 4.99 Å². The van der Waals surface area contributed by atoms with E-state index in [1.165, 1.54) is 0 Å². The highest BCUT2D eigenvalue weighted by atomic mass is 16.3. The number of para-hydroxylation sites is 1. The van der Waals surface area contributed by atoms with Crippen molar-refractivity contribution in [1.82, 2.24) is 15.6 Å². The van der Waals surface area contributed by atoms with Crippen molar-refractivity contribution in [3.05, 3.63) is 175 Å². The molecule has 2 N–H and O–H groups in total. The fourth-order valence-electron chi connectivity index (χ4n) is 8.11. The Hall–Kier alpha value is -6.76. The zero-order valence-electron chi connectivity index (χ0n) is 27.9. The first-order valence-corrected chi connectivity index (χ1v) is 17.5. The molecule has 1 aliphatic heterocycles. The van der Waals surface area contributed by atoms with Crippen LogP contribution in [-0.2, 0) is 0 Å². The molecule has 0 saturated heterocycles. The lowest BCUT2D eigenvalue weighted by Gasteiger charge is -2.34. The second-order valence-corrected chi connectivity index (χ2v) is 13.4. The first-order chi connectivity index (χ1) is 25.8. The Morgan fingerprint density at radius 3 is 2.21 bits per heavy atom. The number of pyridine rings is 1. The van der Waals surface area contributed by atoms with Gasteiger partial charge >= 0.3 is 0 Å². The molecule has 0 saturated carbocycles. The number of nitrogens with zero attached hydrogens (tertiary/aromatic N) is 2. The minimum absolute atomic E-state index is 0.314. The molecule has 0 aliphatic carbocycles. The first-order valence-electron chi connectivity index (χ1n) is 17.5. The number of fused-ring (bicyclic) bond motifs is 8.